The van der Waals surface area contributed by atoms with E-state index in [9.17, 15) is 9.59 Å². The predicted molar refractivity (Wildman–Crippen MR) is 80.2 cm³/mol. The Labute approximate surface area is 126 Å². The van der Waals surface area contributed by atoms with Crippen molar-refractivity contribution in [2.45, 2.75) is 33.6 Å². The van der Waals surface area contributed by atoms with Crippen molar-refractivity contribution in [1.82, 2.24) is 10.2 Å². The van der Waals surface area contributed by atoms with Crippen LogP contribution in [0, 0.1) is 17.8 Å². The molecule has 2 N–H and O–H groups in total. The van der Waals surface area contributed by atoms with Crippen LogP contribution >= 0.6 is 0 Å². The highest BCUT2D eigenvalue weighted by atomic mass is 16.5. The molecule has 2 unspecified atom stereocenters. The number of ether oxygens (including phenoxy) is 1. The molecule has 2 amide bonds. The Morgan fingerprint density at radius 2 is 2.05 bits per heavy atom. The molecule has 6 nitrogen and oxygen atoms in total. The summed E-state index contributed by atoms with van der Waals surface area (Å²) in [6.45, 7) is 8.82. The number of rotatable bonds is 7. The Balaban J connectivity index is 2.23. The Kier molecular flexibility index (Phi) is 7.50. The summed E-state index contributed by atoms with van der Waals surface area (Å²) in [6.07, 6.45) is 1.65. The largest absolute Gasteiger partial charge is 0.481 e. The number of amides is 2. The minimum Gasteiger partial charge on any atom is -0.481 e. The molecule has 0 bridgehead atoms. The molecule has 1 rings (SSSR count). The maximum absolute atomic E-state index is 12.0. The second-order valence-electron chi connectivity index (χ2n) is 6.31. The summed E-state index contributed by atoms with van der Waals surface area (Å²) in [5.41, 5.74) is 0. The van der Waals surface area contributed by atoms with Gasteiger partial charge in [-0.25, -0.2) is 4.79 Å². The fraction of sp³-hybridized carbons (Fsp3) is 0.867. The molecule has 122 valence electrons. The number of nitrogens with zero attached hydrogens (tertiary/aromatic N) is 1. The molecule has 0 radical (unpaired) electrons. The van der Waals surface area contributed by atoms with Crippen molar-refractivity contribution in [3.63, 3.8) is 0 Å². The van der Waals surface area contributed by atoms with Crippen LogP contribution in [0.25, 0.3) is 0 Å². The van der Waals surface area contributed by atoms with E-state index in [0.29, 0.717) is 45.2 Å². The van der Waals surface area contributed by atoms with E-state index in [1.165, 1.54) is 0 Å². The maximum atomic E-state index is 12.0. The van der Waals surface area contributed by atoms with Gasteiger partial charge in [0.05, 0.1) is 12.5 Å². The van der Waals surface area contributed by atoms with Crippen LogP contribution in [-0.2, 0) is 9.53 Å². The van der Waals surface area contributed by atoms with E-state index < -0.39 is 11.9 Å². The van der Waals surface area contributed by atoms with Gasteiger partial charge in [-0.1, -0.05) is 20.8 Å². The van der Waals surface area contributed by atoms with Crippen LogP contribution < -0.4 is 5.32 Å². The fourth-order valence-corrected chi connectivity index (χ4v) is 2.46. The summed E-state index contributed by atoms with van der Waals surface area (Å²) in [5, 5.41) is 11.9. The van der Waals surface area contributed by atoms with Gasteiger partial charge >= 0.3 is 12.0 Å². The normalized spacial score (nSPS) is 22.4. The molecular weight excluding hydrogens is 272 g/mol. The standard InChI is InChI=1S/C15H28N2O4/c1-11(2)4-6-21-7-5-16-15(20)17-9-12(3)8-13(10-17)14(18)19/h11-13H,4-10H2,1-3H3,(H,16,20)(H,18,19). The number of carboxylic acid groups (broad SMARTS) is 1. The van der Waals surface area contributed by atoms with Gasteiger partial charge in [0, 0.05) is 26.2 Å². The van der Waals surface area contributed by atoms with E-state index in [2.05, 4.69) is 19.2 Å². The van der Waals surface area contributed by atoms with Crippen LogP contribution in [0.15, 0.2) is 0 Å². The average molecular weight is 300 g/mol. The van der Waals surface area contributed by atoms with E-state index in [-0.39, 0.29) is 11.9 Å². The summed E-state index contributed by atoms with van der Waals surface area (Å²) >= 11 is 0. The van der Waals surface area contributed by atoms with Crippen LogP contribution in [0.3, 0.4) is 0 Å². The summed E-state index contributed by atoms with van der Waals surface area (Å²) in [7, 11) is 0. The molecule has 1 aliphatic heterocycles. The van der Waals surface area contributed by atoms with Gasteiger partial charge in [0.15, 0.2) is 0 Å². The lowest BCUT2D eigenvalue weighted by Gasteiger charge is -2.34. The van der Waals surface area contributed by atoms with Gasteiger partial charge < -0.3 is 20.1 Å². The van der Waals surface area contributed by atoms with Crippen molar-refractivity contribution < 1.29 is 19.4 Å². The van der Waals surface area contributed by atoms with Crippen molar-refractivity contribution in [1.29, 1.82) is 0 Å². The SMILES string of the molecule is CC(C)CCOCCNC(=O)N1CC(C)CC(C(=O)O)C1. The third-order valence-electron chi connectivity index (χ3n) is 3.66. The topological polar surface area (TPSA) is 78.9 Å². The molecule has 21 heavy (non-hydrogen) atoms. The molecule has 0 aliphatic carbocycles. The number of carbonyl (C=O) groups is 2. The second-order valence-corrected chi connectivity index (χ2v) is 6.31. The number of carboxylic acids is 1. The lowest BCUT2D eigenvalue weighted by Crippen LogP contribution is -2.50. The molecule has 0 spiro atoms. The zero-order valence-electron chi connectivity index (χ0n) is 13.3. The molecule has 0 aromatic rings. The first-order valence-corrected chi connectivity index (χ1v) is 7.73. The monoisotopic (exact) mass is 300 g/mol. The number of hydrogen-bond donors (Lipinski definition) is 2. The van der Waals surface area contributed by atoms with Crippen LogP contribution in [0.4, 0.5) is 4.79 Å². The molecule has 1 aliphatic rings. The fourth-order valence-electron chi connectivity index (χ4n) is 2.46. The van der Waals surface area contributed by atoms with E-state index in [4.69, 9.17) is 9.84 Å². The molecule has 1 heterocycles. The van der Waals surface area contributed by atoms with E-state index >= 15 is 0 Å². The van der Waals surface area contributed by atoms with E-state index in [1.54, 1.807) is 4.90 Å². The Morgan fingerprint density at radius 3 is 2.67 bits per heavy atom. The van der Waals surface area contributed by atoms with Crippen molar-refractivity contribution in [3.8, 4) is 0 Å². The summed E-state index contributed by atoms with van der Waals surface area (Å²) in [5.74, 6) is -0.451. The van der Waals surface area contributed by atoms with E-state index in [0.717, 1.165) is 6.42 Å². The van der Waals surface area contributed by atoms with Gasteiger partial charge in [0.1, 0.15) is 0 Å². The van der Waals surface area contributed by atoms with Crippen molar-refractivity contribution >= 4 is 12.0 Å². The lowest BCUT2D eigenvalue weighted by molar-refractivity contribution is -0.143. The third kappa shape index (κ3) is 6.80. The lowest BCUT2D eigenvalue weighted by atomic mass is 9.91. The molecular formula is C15H28N2O4. The average Bonchev–Trinajstić information content (AvgIpc) is 2.41. The molecule has 0 saturated carbocycles. The molecule has 2 atom stereocenters. The summed E-state index contributed by atoms with van der Waals surface area (Å²) < 4.78 is 5.44. The van der Waals surface area contributed by atoms with Gasteiger partial charge in [-0.05, 0) is 24.7 Å². The third-order valence-corrected chi connectivity index (χ3v) is 3.66. The van der Waals surface area contributed by atoms with Gasteiger partial charge in [0.2, 0.25) is 0 Å². The van der Waals surface area contributed by atoms with Gasteiger partial charge in [0.25, 0.3) is 0 Å². The zero-order chi connectivity index (χ0) is 15.8. The molecule has 1 fully saturated rings. The van der Waals surface area contributed by atoms with Crippen molar-refractivity contribution in [2.24, 2.45) is 17.8 Å². The molecule has 1 saturated heterocycles. The predicted octanol–water partition coefficient (Wildman–Crippen LogP) is 1.80. The number of urea groups is 1. The molecule has 0 aromatic carbocycles. The van der Waals surface area contributed by atoms with Crippen molar-refractivity contribution in [3.05, 3.63) is 0 Å². The second kappa shape index (κ2) is 8.87. The van der Waals surface area contributed by atoms with Crippen LogP contribution in [0.5, 0.6) is 0 Å². The zero-order valence-corrected chi connectivity index (χ0v) is 13.3. The first-order chi connectivity index (χ1) is 9.90. The first-order valence-electron chi connectivity index (χ1n) is 7.73. The smallest absolute Gasteiger partial charge is 0.317 e. The quantitative estimate of drug-likeness (QED) is 0.703. The van der Waals surface area contributed by atoms with Gasteiger partial charge in [-0.15, -0.1) is 0 Å². The minimum atomic E-state index is -0.823. The summed E-state index contributed by atoms with van der Waals surface area (Å²) in [6, 6.07) is -0.194. The van der Waals surface area contributed by atoms with Crippen LogP contribution in [0.2, 0.25) is 0 Å². The van der Waals surface area contributed by atoms with E-state index in [1.807, 2.05) is 6.92 Å². The molecule has 0 aromatic heterocycles. The molecule has 6 heteroatoms. The number of nitrogens with one attached hydrogen (secondary N) is 1. The van der Waals surface area contributed by atoms with Crippen molar-refractivity contribution in [2.75, 3.05) is 32.8 Å². The highest BCUT2D eigenvalue weighted by Crippen LogP contribution is 2.21. The number of carbonyl (C=O) groups excluding carboxylic acids is 1. The number of hydrogen-bond acceptors (Lipinski definition) is 3. The van der Waals surface area contributed by atoms with Gasteiger partial charge in [-0.2, -0.15) is 0 Å². The first kappa shape index (κ1) is 17.8. The number of aliphatic carboxylic acids is 1. The highest BCUT2D eigenvalue weighted by Gasteiger charge is 2.31. The number of likely N-dealkylation sites (tertiary alicyclic amines) is 1. The maximum Gasteiger partial charge on any atom is 0.317 e. The Hall–Kier alpha value is -1.30. The highest BCUT2D eigenvalue weighted by molar-refractivity contribution is 5.76. The minimum absolute atomic E-state index is 0.194. The van der Waals surface area contributed by atoms with Crippen LogP contribution in [0.1, 0.15) is 33.6 Å². The summed E-state index contributed by atoms with van der Waals surface area (Å²) in [4.78, 5) is 24.7. The Morgan fingerprint density at radius 1 is 1.33 bits per heavy atom. The Bertz CT molecular complexity index is 347. The van der Waals surface area contributed by atoms with Gasteiger partial charge in [-0.3, -0.25) is 4.79 Å². The number of piperidine rings is 1. The van der Waals surface area contributed by atoms with Crippen LogP contribution in [-0.4, -0.2) is 54.9 Å².